The lowest BCUT2D eigenvalue weighted by Gasteiger charge is -2.37. The molecule has 0 amide bonds. The van der Waals surface area contributed by atoms with Crippen LogP contribution in [0.25, 0.3) is 0 Å². The van der Waals surface area contributed by atoms with Crippen LogP contribution in [0.15, 0.2) is 0 Å². The van der Waals surface area contributed by atoms with Crippen LogP contribution < -0.4 is 5.32 Å². The zero-order valence-corrected chi connectivity index (χ0v) is 13.9. The highest BCUT2D eigenvalue weighted by molar-refractivity contribution is 5.80. The van der Waals surface area contributed by atoms with Crippen LogP contribution in [0.3, 0.4) is 0 Å². The van der Waals surface area contributed by atoms with Crippen LogP contribution in [0, 0.1) is 0 Å². The molecule has 0 bridgehead atoms. The number of ether oxygens (including phenoxy) is 1. The van der Waals surface area contributed by atoms with E-state index >= 15 is 0 Å². The summed E-state index contributed by atoms with van der Waals surface area (Å²) in [7, 11) is 5.62. The first-order valence-corrected chi connectivity index (χ1v) is 7.57. The average Bonchev–Trinajstić information content (AvgIpc) is 3.17. The Balaban J connectivity index is 2.71. The van der Waals surface area contributed by atoms with Gasteiger partial charge in [0.25, 0.3) is 0 Å². The summed E-state index contributed by atoms with van der Waals surface area (Å²) in [5, 5.41) is 3.46. The highest BCUT2D eigenvalue weighted by atomic mass is 16.5. The average molecular weight is 285 g/mol. The van der Waals surface area contributed by atoms with Gasteiger partial charge in [0.1, 0.15) is 5.54 Å². The molecule has 0 spiro atoms. The predicted molar refractivity (Wildman–Crippen MR) is 81.8 cm³/mol. The predicted octanol–water partition coefficient (Wildman–Crippen LogP) is 0.942. The first-order chi connectivity index (χ1) is 9.32. The number of hydrogen-bond donors (Lipinski definition) is 1. The van der Waals surface area contributed by atoms with Crippen LogP contribution in [-0.4, -0.2) is 74.2 Å². The summed E-state index contributed by atoms with van der Waals surface area (Å²) in [4.78, 5) is 16.7. The molecular formula is C15H31N3O2. The van der Waals surface area contributed by atoms with Crippen molar-refractivity contribution >= 4 is 5.97 Å². The zero-order valence-electron chi connectivity index (χ0n) is 13.9. The summed E-state index contributed by atoms with van der Waals surface area (Å²) in [6.45, 7) is 8.89. The summed E-state index contributed by atoms with van der Waals surface area (Å²) in [6, 6.07) is 0.877. The maximum Gasteiger partial charge on any atom is 0.327 e. The molecule has 1 aliphatic rings. The van der Waals surface area contributed by atoms with Crippen molar-refractivity contribution in [2.75, 3.05) is 40.8 Å². The molecule has 0 saturated heterocycles. The van der Waals surface area contributed by atoms with Crippen LogP contribution in [0.5, 0.6) is 0 Å². The summed E-state index contributed by atoms with van der Waals surface area (Å²) >= 11 is 0. The van der Waals surface area contributed by atoms with Crippen molar-refractivity contribution in [3.8, 4) is 0 Å². The van der Waals surface area contributed by atoms with Gasteiger partial charge in [0.2, 0.25) is 0 Å². The maximum absolute atomic E-state index is 12.2. The lowest BCUT2D eigenvalue weighted by atomic mass is 10.0. The fourth-order valence-electron chi connectivity index (χ4n) is 2.70. The number of carbonyl (C=O) groups is 1. The van der Waals surface area contributed by atoms with Crippen molar-refractivity contribution in [3.63, 3.8) is 0 Å². The number of hydrogen-bond acceptors (Lipinski definition) is 5. The molecule has 1 fully saturated rings. The van der Waals surface area contributed by atoms with Gasteiger partial charge in [-0.3, -0.25) is 15.0 Å². The van der Waals surface area contributed by atoms with E-state index in [0.717, 1.165) is 25.9 Å². The molecule has 1 N–H and O–H groups in total. The van der Waals surface area contributed by atoms with E-state index in [9.17, 15) is 4.79 Å². The lowest BCUT2D eigenvalue weighted by molar-refractivity contribution is -0.149. The Kier molecular flexibility index (Phi) is 6.43. The van der Waals surface area contributed by atoms with Crippen molar-refractivity contribution in [3.05, 3.63) is 0 Å². The molecule has 5 nitrogen and oxygen atoms in total. The maximum atomic E-state index is 12.2. The molecule has 0 heterocycles. The minimum absolute atomic E-state index is 0.167. The number of nitrogens with one attached hydrogen (secondary N) is 1. The van der Waals surface area contributed by atoms with Crippen LogP contribution in [0.2, 0.25) is 0 Å². The number of nitrogens with zero attached hydrogens (tertiary/aromatic N) is 2. The minimum Gasteiger partial charge on any atom is -0.468 e. The van der Waals surface area contributed by atoms with Gasteiger partial charge in [-0.05, 0) is 47.3 Å². The van der Waals surface area contributed by atoms with Gasteiger partial charge < -0.3 is 9.64 Å². The van der Waals surface area contributed by atoms with Crippen molar-refractivity contribution in [2.24, 2.45) is 0 Å². The third-order valence-electron chi connectivity index (χ3n) is 3.91. The van der Waals surface area contributed by atoms with Gasteiger partial charge in [0.15, 0.2) is 0 Å². The largest absolute Gasteiger partial charge is 0.468 e. The highest BCUT2D eigenvalue weighted by Crippen LogP contribution is 2.24. The molecule has 2 atom stereocenters. The fourth-order valence-corrected chi connectivity index (χ4v) is 2.70. The zero-order chi connectivity index (χ0) is 15.3. The summed E-state index contributed by atoms with van der Waals surface area (Å²) in [5.41, 5.74) is -0.619. The second kappa shape index (κ2) is 7.38. The van der Waals surface area contributed by atoms with Crippen molar-refractivity contribution in [2.45, 2.75) is 51.2 Å². The second-order valence-electron chi connectivity index (χ2n) is 6.42. The van der Waals surface area contributed by atoms with Crippen LogP contribution in [0.1, 0.15) is 33.6 Å². The SMILES string of the molecule is CCN(CC(C)(NC1CC1)C(=O)OC)C(C)CN(C)C. The van der Waals surface area contributed by atoms with E-state index in [2.05, 4.69) is 43.1 Å². The topological polar surface area (TPSA) is 44.8 Å². The molecule has 0 aromatic carbocycles. The third kappa shape index (κ3) is 5.04. The number of methoxy groups -OCH3 is 1. The molecule has 118 valence electrons. The van der Waals surface area contributed by atoms with Crippen LogP contribution in [0.4, 0.5) is 0 Å². The van der Waals surface area contributed by atoms with E-state index in [-0.39, 0.29) is 5.97 Å². The Morgan fingerprint density at radius 2 is 2.05 bits per heavy atom. The molecule has 1 saturated carbocycles. The van der Waals surface area contributed by atoms with E-state index in [1.165, 1.54) is 7.11 Å². The summed E-state index contributed by atoms with van der Waals surface area (Å²) in [5.74, 6) is -0.167. The van der Waals surface area contributed by atoms with Crippen LogP contribution >= 0.6 is 0 Å². The van der Waals surface area contributed by atoms with Gasteiger partial charge in [0, 0.05) is 25.2 Å². The van der Waals surface area contributed by atoms with Gasteiger partial charge >= 0.3 is 5.97 Å². The molecular weight excluding hydrogens is 254 g/mol. The van der Waals surface area contributed by atoms with Crippen LogP contribution in [-0.2, 0) is 9.53 Å². The van der Waals surface area contributed by atoms with E-state index in [1.54, 1.807) is 0 Å². The van der Waals surface area contributed by atoms with E-state index in [4.69, 9.17) is 4.74 Å². The van der Waals surface area contributed by atoms with Gasteiger partial charge in [-0.1, -0.05) is 6.92 Å². The normalized spacial score (nSPS) is 20.0. The third-order valence-corrected chi connectivity index (χ3v) is 3.91. The van der Waals surface area contributed by atoms with Gasteiger partial charge in [0.05, 0.1) is 7.11 Å². The molecule has 0 aliphatic heterocycles. The Hall–Kier alpha value is -0.650. The summed E-state index contributed by atoms with van der Waals surface area (Å²) < 4.78 is 5.01. The second-order valence-corrected chi connectivity index (χ2v) is 6.42. The van der Waals surface area contributed by atoms with Gasteiger partial charge in [-0.25, -0.2) is 0 Å². The molecule has 1 rings (SSSR count). The highest BCUT2D eigenvalue weighted by Gasteiger charge is 2.41. The van der Waals surface area contributed by atoms with Crippen molar-refractivity contribution in [1.82, 2.24) is 15.1 Å². The van der Waals surface area contributed by atoms with E-state index < -0.39 is 5.54 Å². The molecule has 0 radical (unpaired) electrons. The standard InChI is InChI=1S/C15H31N3O2/c1-7-18(12(2)10-17(4)5)11-15(3,14(19)20-6)16-13-8-9-13/h12-13,16H,7-11H2,1-6H3. The molecule has 0 aromatic heterocycles. The number of carbonyl (C=O) groups excluding carboxylic acids is 1. The number of likely N-dealkylation sites (N-methyl/N-ethyl adjacent to an activating group) is 2. The minimum atomic E-state index is -0.619. The molecule has 0 aromatic rings. The van der Waals surface area contributed by atoms with Crippen molar-refractivity contribution in [1.29, 1.82) is 0 Å². The molecule has 2 unspecified atom stereocenters. The number of rotatable bonds is 9. The monoisotopic (exact) mass is 285 g/mol. The van der Waals surface area contributed by atoms with E-state index in [0.29, 0.717) is 18.6 Å². The first-order valence-electron chi connectivity index (χ1n) is 7.57. The van der Waals surface area contributed by atoms with E-state index in [1.807, 2.05) is 6.92 Å². The quantitative estimate of drug-likeness (QED) is 0.639. The van der Waals surface area contributed by atoms with Gasteiger partial charge in [-0.15, -0.1) is 0 Å². The molecule has 20 heavy (non-hydrogen) atoms. The smallest absolute Gasteiger partial charge is 0.327 e. The Morgan fingerprint density at radius 3 is 2.45 bits per heavy atom. The molecule has 5 heteroatoms. The Morgan fingerprint density at radius 1 is 1.45 bits per heavy atom. The molecule has 1 aliphatic carbocycles. The van der Waals surface area contributed by atoms with Crippen molar-refractivity contribution < 1.29 is 9.53 Å². The lowest BCUT2D eigenvalue weighted by Crippen LogP contribution is -2.60. The van der Waals surface area contributed by atoms with Gasteiger partial charge in [-0.2, -0.15) is 0 Å². The Bertz CT molecular complexity index is 318. The Labute approximate surface area is 123 Å². The first kappa shape index (κ1) is 17.4. The number of esters is 1. The fraction of sp³-hybridized carbons (Fsp3) is 0.933. The summed E-state index contributed by atoms with van der Waals surface area (Å²) in [6.07, 6.45) is 2.32.